The Morgan fingerprint density at radius 2 is 2.07 bits per heavy atom. The van der Waals surface area contributed by atoms with Gasteiger partial charge in [0.1, 0.15) is 5.75 Å². The Bertz CT molecular complexity index is 827. The van der Waals surface area contributed by atoms with Crippen LogP contribution in [0, 0.1) is 6.92 Å². The smallest absolute Gasteiger partial charge is 0.188 e. The Balaban J connectivity index is 1.60. The van der Waals surface area contributed by atoms with Crippen molar-refractivity contribution in [1.29, 1.82) is 0 Å². The van der Waals surface area contributed by atoms with E-state index in [9.17, 15) is 5.11 Å². The number of phenolic OH excluding ortho intramolecular Hbond substituents is 1. The van der Waals surface area contributed by atoms with E-state index in [-0.39, 0.29) is 5.75 Å². The first-order chi connectivity index (χ1) is 13.0. The molecule has 4 N–H and O–H groups in total. The van der Waals surface area contributed by atoms with Crippen molar-refractivity contribution in [3.63, 3.8) is 0 Å². The van der Waals surface area contributed by atoms with Gasteiger partial charge in [0.2, 0.25) is 0 Å². The molecule has 1 aliphatic carbocycles. The molecule has 0 radical (unpaired) electrons. The fraction of sp³-hybridized carbons (Fsp3) is 0.421. The molecule has 1 heterocycles. The van der Waals surface area contributed by atoms with Gasteiger partial charge in [-0.3, -0.25) is 5.43 Å². The van der Waals surface area contributed by atoms with Crippen molar-refractivity contribution in [1.82, 2.24) is 15.7 Å². The molecule has 0 unspecified atom stereocenters. The first-order valence-corrected chi connectivity index (χ1v) is 10.4. The average molecular weight is 404 g/mol. The van der Waals surface area contributed by atoms with Crippen LogP contribution in [0.5, 0.6) is 5.75 Å². The minimum absolute atomic E-state index is 0.217. The largest absolute Gasteiger partial charge is 0.508 e. The number of nitrogens with one attached hydrogen (secondary N) is 3. The van der Waals surface area contributed by atoms with E-state index in [0.29, 0.717) is 11.2 Å². The number of phenols is 1. The number of hydrogen-bond donors (Lipinski definition) is 4. The van der Waals surface area contributed by atoms with Gasteiger partial charge in [-0.05, 0) is 51.0 Å². The number of hydrogen-bond acceptors (Lipinski definition) is 6. The van der Waals surface area contributed by atoms with Gasteiger partial charge >= 0.3 is 0 Å². The topological polar surface area (TPSA) is 81.6 Å². The van der Waals surface area contributed by atoms with Crippen molar-refractivity contribution in [2.45, 2.75) is 52.0 Å². The molecular weight excluding hydrogens is 378 g/mol. The molecule has 0 spiro atoms. The molecule has 3 rings (SSSR count). The molecule has 1 fully saturated rings. The van der Waals surface area contributed by atoms with E-state index >= 15 is 0 Å². The summed E-state index contributed by atoms with van der Waals surface area (Å²) in [7, 11) is 0. The Morgan fingerprint density at radius 1 is 1.30 bits per heavy atom. The molecule has 0 aliphatic heterocycles. The van der Waals surface area contributed by atoms with Crippen LogP contribution in [0.15, 0.2) is 29.4 Å². The Labute approximate surface area is 169 Å². The van der Waals surface area contributed by atoms with Crippen LogP contribution in [0.2, 0.25) is 0 Å². The lowest BCUT2D eigenvalue weighted by Gasteiger charge is -2.23. The third kappa shape index (κ3) is 5.64. The maximum Gasteiger partial charge on any atom is 0.188 e. The summed E-state index contributed by atoms with van der Waals surface area (Å²) in [6.45, 7) is 3.89. The summed E-state index contributed by atoms with van der Waals surface area (Å²) in [5, 5.41) is 21.9. The number of hydrazone groups is 1. The highest BCUT2D eigenvalue weighted by Gasteiger charge is 2.14. The van der Waals surface area contributed by atoms with Gasteiger partial charge in [0.15, 0.2) is 10.2 Å². The van der Waals surface area contributed by atoms with Crippen molar-refractivity contribution in [2.75, 3.05) is 5.32 Å². The molecule has 6 nitrogen and oxygen atoms in total. The fourth-order valence-corrected chi connectivity index (χ4v) is 4.29. The molecule has 144 valence electrons. The highest BCUT2D eigenvalue weighted by atomic mass is 32.1. The predicted molar refractivity (Wildman–Crippen MR) is 116 cm³/mol. The van der Waals surface area contributed by atoms with Gasteiger partial charge in [-0.25, -0.2) is 4.98 Å². The first kappa shape index (κ1) is 19.6. The second-order valence-electron chi connectivity index (χ2n) is 6.73. The van der Waals surface area contributed by atoms with E-state index in [0.717, 1.165) is 27.1 Å². The molecule has 1 aliphatic rings. The summed E-state index contributed by atoms with van der Waals surface area (Å²) in [5.74, 6) is 0.217. The highest BCUT2D eigenvalue weighted by molar-refractivity contribution is 7.80. The van der Waals surface area contributed by atoms with Crippen LogP contribution in [0.1, 0.15) is 49.6 Å². The highest BCUT2D eigenvalue weighted by Crippen LogP contribution is 2.27. The van der Waals surface area contributed by atoms with Gasteiger partial charge in [-0.15, -0.1) is 0 Å². The summed E-state index contributed by atoms with van der Waals surface area (Å²) in [6.07, 6.45) is 6.18. The minimum Gasteiger partial charge on any atom is -0.508 e. The van der Waals surface area contributed by atoms with Crippen molar-refractivity contribution in [2.24, 2.45) is 5.10 Å². The van der Waals surface area contributed by atoms with Crippen LogP contribution < -0.4 is 16.1 Å². The summed E-state index contributed by atoms with van der Waals surface area (Å²) < 4.78 is 0. The number of aromatic hydroxyl groups is 1. The number of thiazole rings is 1. The molecule has 0 saturated heterocycles. The van der Waals surface area contributed by atoms with E-state index in [1.165, 1.54) is 43.4 Å². The van der Waals surface area contributed by atoms with Crippen molar-refractivity contribution < 1.29 is 5.11 Å². The van der Waals surface area contributed by atoms with Gasteiger partial charge in [-0.1, -0.05) is 36.7 Å². The predicted octanol–water partition coefficient (Wildman–Crippen LogP) is 4.42. The number of aryl methyl sites for hydroxylation is 1. The fourth-order valence-electron chi connectivity index (χ4n) is 3.14. The maximum atomic E-state index is 9.58. The Hall–Kier alpha value is -2.19. The van der Waals surface area contributed by atoms with Crippen LogP contribution in [0.25, 0.3) is 0 Å². The number of thiocarbonyl (C=S) groups is 1. The molecule has 1 aromatic carbocycles. The quantitative estimate of drug-likeness (QED) is 0.336. The summed E-state index contributed by atoms with van der Waals surface area (Å²) in [4.78, 5) is 5.54. The Kier molecular flexibility index (Phi) is 6.63. The standard InChI is InChI=1S/C19H25N5OS2/c1-12-17(27-19(20-12)22-15-9-6-10-16(25)11-15)13(2)23-24-18(26)21-14-7-4-3-5-8-14/h6,9-11,14,25H,3-5,7-8H2,1-2H3,(H,20,22)(H2,21,24,26)/b23-13-. The van der Waals surface area contributed by atoms with Crippen molar-refractivity contribution in [3.8, 4) is 5.75 Å². The number of aromatic nitrogens is 1. The molecule has 0 amide bonds. The zero-order valence-corrected chi connectivity index (χ0v) is 17.2. The average Bonchev–Trinajstić information content (AvgIpc) is 3.01. The summed E-state index contributed by atoms with van der Waals surface area (Å²) in [6, 6.07) is 7.42. The van der Waals surface area contributed by atoms with Gasteiger partial charge in [0, 0.05) is 17.8 Å². The van der Waals surface area contributed by atoms with Crippen LogP contribution in [-0.2, 0) is 0 Å². The zero-order valence-electron chi connectivity index (χ0n) is 15.6. The van der Waals surface area contributed by atoms with Gasteiger partial charge in [0.25, 0.3) is 0 Å². The lowest BCUT2D eigenvalue weighted by Crippen LogP contribution is -2.41. The van der Waals surface area contributed by atoms with E-state index in [1.54, 1.807) is 18.2 Å². The third-order valence-electron chi connectivity index (χ3n) is 4.49. The van der Waals surface area contributed by atoms with Crippen LogP contribution >= 0.6 is 23.6 Å². The number of benzene rings is 1. The van der Waals surface area contributed by atoms with E-state index in [4.69, 9.17) is 12.2 Å². The second kappa shape index (κ2) is 9.14. The third-order valence-corrected chi connectivity index (χ3v) is 5.88. The first-order valence-electron chi connectivity index (χ1n) is 9.16. The van der Waals surface area contributed by atoms with Crippen molar-refractivity contribution >= 4 is 45.2 Å². The molecule has 1 saturated carbocycles. The van der Waals surface area contributed by atoms with Crippen LogP contribution in [0.3, 0.4) is 0 Å². The molecule has 2 aromatic rings. The normalized spacial score (nSPS) is 15.4. The zero-order chi connectivity index (χ0) is 19.2. The number of nitrogens with zero attached hydrogens (tertiary/aromatic N) is 2. The number of anilines is 2. The van der Waals surface area contributed by atoms with Crippen LogP contribution in [0.4, 0.5) is 10.8 Å². The molecule has 27 heavy (non-hydrogen) atoms. The van der Waals surface area contributed by atoms with Gasteiger partial charge in [0.05, 0.1) is 16.3 Å². The minimum atomic E-state index is 0.217. The molecule has 1 aromatic heterocycles. The van der Waals surface area contributed by atoms with Crippen LogP contribution in [-0.4, -0.2) is 27.0 Å². The Morgan fingerprint density at radius 3 is 2.81 bits per heavy atom. The van der Waals surface area contributed by atoms with E-state index < -0.39 is 0 Å². The SMILES string of the molecule is C/C(=N/NC(=S)NC1CCCCC1)c1sc(Nc2cccc(O)c2)nc1C. The molecule has 0 bridgehead atoms. The number of rotatable bonds is 5. The second-order valence-corrected chi connectivity index (χ2v) is 8.13. The molecule has 0 atom stereocenters. The van der Waals surface area contributed by atoms with E-state index in [2.05, 4.69) is 26.1 Å². The maximum absolute atomic E-state index is 9.58. The van der Waals surface area contributed by atoms with Crippen molar-refractivity contribution in [3.05, 3.63) is 34.8 Å². The van der Waals surface area contributed by atoms with Gasteiger partial charge < -0.3 is 15.7 Å². The molecule has 8 heteroatoms. The van der Waals surface area contributed by atoms with E-state index in [1.807, 2.05) is 19.9 Å². The molecular formula is C19H25N5OS2. The van der Waals surface area contributed by atoms with Gasteiger partial charge in [-0.2, -0.15) is 5.10 Å². The monoisotopic (exact) mass is 403 g/mol. The lowest BCUT2D eigenvalue weighted by atomic mass is 9.96. The summed E-state index contributed by atoms with van der Waals surface area (Å²) >= 11 is 6.88. The summed E-state index contributed by atoms with van der Waals surface area (Å²) in [5.41, 5.74) is 5.48. The lowest BCUT2D eigenvalue weighted by molar-refractivity contribution is 0.412.